The summed E-state index contributed by atoms with van der Waals surface area (Å²) in [7, 11) is -2.00. The molecule has 0 saturated carbocycles. The smallest absolute Gasteiger partial charge is 0.242 e. The average molecular weight is 531 g/mol. The number of hydrogen-bond donors (Lipinski definition) is 1. The van der Waals surface area contributed by atoms with Crippen LogP contribution in [0.5, 0.6) is 0 Å². The van der Waals surface area contributed by atoms with Crippen molar-refractivity contribution in [2.75, 3.05) is 33.2 Å². The van der Waals surface area contributed by atoms with Crippen LogP contribution in [0, 0.1) is 5.82 Å². The maximum absolute atomic E-state index is 13.3. The average Bonchev–Trinajstić information content (AvgIpc) is 2.88. The molecule has 0 bridgehead atoms. The largest absolute Gasteiger partial charge is 0.385 e. The Morgan fingerprint density at radius 3 is 2.33 bits per heavy atom. The van der Waals surface area contributed by atoms with Gasteiger partial charge in [0.25, 0.3) is 0 Å². The van der Waals surface area contributed by atoms with Crippen LogP contribution in [0.1, 0.15) is 36.3 Å². The minimum Gasteiger partial charge on any atom is -0.385 e. The van der Waals surface area contributed by atoms with Gasteiger partial charge in [0.2, 0.25) is 10.0 Å². The third-order valence-corrected chi connectivity index (χ3v) is 9.18. The summed E-state index contributed by atoms with van der Waals surface area (Å²) in [5.74, 6) is -0.365. The summed E-state index contributed by atoms with van der Waals surface area (Å²) in [5.41, 5.74) is 0.783. The fourth-order valence-corrected chi connectivity index (χ4v) is 6.27. The summed E-state index contributed by atoms with van der Waals surface area (Å²) in [4.78, 5) is 2.56. The molecule has 3 aromatic carbocycles. The minimum absolute atomic E-state index is 0.0508. The first-order valence-electron chi connectivity index (χ1n) is 12.1. The highest BCUT2D eigenvalue weighted by Crippen LogP contribution is 2.34. The molecule has 3 aromatic rings. The number of nitrogens with zero attached hydrogens (tertiary/aromatic N) is 2. The molecule has 192 valence electrons. The van der Waals surface area contributed by atoms with Gasteiger partial charge in [-0.3, -0.25) is 0 Å². The number of likely N-dealkylation sites (tertiary alicyclic amines) is 1. The third-order valence-electron chi connectivity index (χ3n) is 7.11. The number of halogens is 2. The first kappa shape index (κ1) is 26.8. The van der Waals surface area contributed by atoms with E-state index in [0.29, 0.717) is 37.5 Å². The predicted molar refractivity (Wildman–Crippen MR) is 141 cm³/mol. The molecular formula is C28H32ClFN2O3S. The van der Waals surface area contributed by atoms with Crippen LogP contribution < -0.4 is 0 Å². The van der Waals surface area contributed by atoms with E-state index in [0.717, 1.165) is 24.1 Å². The van der Waals surface area contributed by atoms with Crippen LogP contribution in [-0.4, -0.2) is 56.0 Å². The van der Waals surface area contributed by atoms with Crippen LogP contribution in [0.3, 0.4) is 0 Å². The molecule has 1 aliphatic rings. The normalized spacial score (nSPS) is 17.2. The Labute approximate surface area is 218 Å². The van der Waals surface area contributed by atoms with Crippen molar-refractivity contribution in [3.05, 3.63) is 101 Å². The monoisotopic (exact) mass is 530 g/mol. The Bertz CT molecular complexity index is 1250. The molecule has 0 aliphatic carbocycles. The Morgan fingerprint density at radius 1 is 1.03 bits per heavy atom. The quantitative estimate of drug-likeness (QED) is 0.410. The lowest BCUT2D eigenvalue weighted by Crippen LogP contribution is -2.43. The van der Waals surface area contributed by atoms with Crippen molar-refractivity contribution in [1.82, 2.24) is 9.21 Å². The van der Waals surface area contributed by atoms with Gasteiger partial charge in [-0.05, 0) is 79.3 Å². The van der Waals surface area contributed by atoms with Gasteiger partial charge < -0.3 is 10.0 Å². The van der Waals surface area contributed by atoms with Crippen LogP contribution in [0.4, 0.5) is 4.39 Å². The molecule has 0 aromatic heterocycles. The Hall–Kier alpha value is -2.29. The summed E-state index contributed by atoms with van der Waals surface area (Å²) < 4.78 is 41.0. The summed E-state index contributed by atoms with van der Waals surface area (Å²) in [6.45, 7) is 2.49. The van der Waals surface area contributed by atoms with Gasteiger partial charge in [-0.1, -0.05) is 54.1 Å². The van der Waals surface area contributed by atoms with E-state index < -0.39 is 15.6 Å². The van der Waals surface area contributed by atoms with Gasteiger partial charge in [-0.25, -0.2) is 17.1 Å². The van der Waals surface area contributed by atoms with Crippen LogP contribution in [0.25, 0.3) is 0 Å². The highest BCUT2D eigenvalue weighted by atomic mass is 35.5. The number of hydrogen-bond acceptors (Lipinski definition) is 4. The number of benzene rings is 3. The lowest BCUT2D eigenvalue weighted by atomic mass is 9.84. The van der Waals surface area contributed by atoms with Crippen molar-refractivity contribution in [1.29, 1.82) is 0 Å². The molecule has 1 N–H and O–H groups in total. The third kappa shape index (κ3) is 6.33. The second kappa shape index (κ2) is 11.4. The van der Waals surface area contributed by atoms with Crippen LogP contribution in [-0.2, 0) is 15.6 Å². The summed E-state index contributed by atoms with van der Waals surface area (Å²) in [5, 5.41) is 11.7. The second-order valence-electron chi connectivity index (χ2n) is 9.52. The van der Waals surface area contributed by atoms with Gasteiger partial charge in [0, 0.05) is 31.7 Å². The van der Waals surface area contributed by atoms with Gasteiger partial charge >= 0.3 is 0 Å². The lowest BCUT2D eigenvalue weighted by molar-refractivity contribution is -0.0264. The van der Waals surface area contributed by atoms with Gasteiger partial charge in [0.05, 0.1) is 10.5 Å². The van der Waals surface area contributed by atoms with E-state index in [2.05, 4.69) is 4.90 Å². The van der Waals surface area contributed by atoms with Crippen molar-refractivity contribution in [2.45, 2.75) is 35.7 Å². The molecule has 1 atom stereocenters. The van der Waals surface area contributed by atoms with E-state index in [1.807, 2.05) is 24.3 Å². The standard InChI is InChI=1S/C28H32ClFN2O3S/c1-31(36(34,35)27-8-3-2-4-9-27)21-23(22-6-5-7-25(29)20-22)14-17-32-18-15-28(33,16-19-32)24-10-12-26(30)13-11-24/h2-13,20,23,33H,14-19,21H2,1H3/t23-/m1/s1. The summed E-state index contributed by atoms with van der Waals surface area (Å²) in [6, 6.07) is 22.1. The molecule has 0 radical (unpaired) electrons. The molecular weight excluding hydrogens is 499 g/mol. The zero-order valence-electron chi connectivity index (χ0n) is 20.4. The SMILES string of the molecule is CN(C[C@@H](CCN1CCC(O)(c2ccc(F)cc2)CC1)c1cccc(Cl)c1)S(=O)(=O)c1ccccc1. The predicted octanol–water partition coefficient (Wildman–Crippen LogP) is 5.26. The summed E-state index contributed by atoms with van der Waals surface area (Å²) in [6.07, 6.45) is 1.86. The van der Waals surface area contributed by atoms with E-state index >= 15 is 0 Å². The van der Waals surface area contributed by atoms with E-state index in [1.165, 1.54) is 16.4 Å². The van der Waals surface area contributed by atoms with Gasteiger partial charge in [-0.2, -0.15) is 0 Å². The van der Waals surface area contributed by atoms with E-state index in [9.17, 15) is 17.9 Å². The fourth-order valence-electron chi connectivity index (χ4n) is 4.84. The molecule has 5 nitrogen and oxygen atoms in total. The van der Waals surface area contributed by atoms with Gasteiger partial charge in [0.1, 0.15) is 5.82 Å². The maximum atomic E-state index is 13.3. The van der Waals surface area contributed by atoms with E-state index in [4.69, 9.17) is 11.6 Å². The zero-order valence-corrected chi connectivity index (χ0v) is 21.9. The number of aliphatic hydroxyl groups is 1. The minimum atomic E-state index is -3.62. The van der Waals surface area contributed by atoms with Crippen LogP contribution in [0.2, 0.25) is 5.02 Å². The molecule has 36 heavy (non-hydrogen) atoms. The topological polar surface area (TPSA) is 60.9 Å². The van der Waals surface area contributed by atoms with Crippen molar-refractivity contribution < 1.29 is 17.9 Å². The first-order chi connectivity index (χ1) is 17.2. The van der Waals surface area contributed by atoms with Gasteiger partial charge in [0.15, 0.2) is 0 Å². The highest BCUT2D eigenvalue weighted by molar-refractivity contribution is 7.89. The molecule has 0 unspecified atom stereocenters. The van der Waals surface area contributed by atoms with Crippen LogP contribution >= 0.6 is 11.6 Å². The molecule has 1 saturated heterocycles. The number of likely N-dealkylation sites (N-methyl/N-ethyl adjacent to an activating group) is 1. The van der Waals surface area contributed by atoms with E-state index in [-0.39, 0.29) is 16.6 Å². The Morgan fingerprint density at radius 2 is 1.69 bits per heavy atom. The number of sulfonamides is 1. The molecule has 4 rings (SSSR count). The Kier molecular flexibility index (Phi) is 8.48. The molecule has 1 fully saturated rings. The zero-order chi connectivity index (χ0) is 25.8. The number of rotatable bonds is 9. The molecule has 0 spiro atoms. The molecule has 1 aliphatic heterocycles. The molecule has 0 amide bonds. The highest BCUT2D eigenvalue weighted by Gasteiger charge is 2.34. The lowest BCUT2D eigenvalue weighted by Gasteiger charge is -2.39. The first-order valence-corrected chi connectivity index (χ1v) is 14.0. The second-order valence-corrected chi connectivity index (χ2v) is 12.0. The van der Waals surface area contributed by atoms with E-state index in [1.54, 1.807) is 49.5 Å². The maximum Gasteiger partial charge on any atom is 0.242 e. The molecule has 8 heteroatoms. The fraction of sp³-hybridized carbons (Fsp3) is 0.357. The van der Waals surface area contributed by atoms with Crippen molar-refractivity contribution >= 4 is 21.6 Å². The number of piperidine rings is 1. The van der Waals surface area contributed by atoms with Gasteiger partial charge in [-0.15, -0.1) is 0 Å². The molecule has 1 heterocycles. The van der Waals surface area contributed by atoms with Crippen LogP contribution in [0.15, 0.2) is 83.8 Å². The van der Waals surface area contributed by atoms with Crippen molar-refractivity contribution in [3.63, 3.8) is 0 Å². The van der Waals surface area contributed by atoms with Crippen molar-refractivity contribution in [3.8, 4) is 0 Å². The summed E-state index contributed by atoms with van der Waals surface area (Å²) >= 11 is 6.27. The van der Waals surface area contributed by atoms with Crippen molar-refractivity contribution in [2.24, 2.45) is 0 Å². The Balaban J connectivity index is 1.43.